The number of methoxy groups -OCH3 is 1. The van der Waals surface area contributed by atoms with Gasteiger partial charge in [0.15, 0.2) is 0 Å². The third-order valence-corrected chi connectivity index (χ3v) is 5.25. The third kappa shape index (κ3) is 7.52. The highest BCUT2D eigenvalue weighted by Gasteiger charge is 2.35. The van der Waals surface area contributed by atoms with E-state index in [-0.39, 0.29) is 6.61 Å². The van der Waals surface area contributed by atoms with E-state index in [4.69, 9.17) is 15.2 Å². The molecule has 0 aromatic heterocycles. The second-order valence-corrected chi connectivity index (χ2v) is 7.59. The Bertz CT molecular complexity index is 742. The lowest BCUT2D eigenvalue weighted by atomic mass is 10.0. The molecule has 1 heterocycles. The van der Waals surface area contributed by atoms with Crippen LogP contribution in [0.2, 0.25) is 0 Å². The number of ether oxygens (including phenoxy) is 2. The van der Waals surface area contributed by atoms with Crippen LogP contribution in [-0.4, -0.2) is 61.8 Å². The molecule has 1 aliphatic heterocycles. The van der Waals surface area contributed by atoms with Gasteiger partial charge >= 0.3 is 11.9 Å². The third-order valence-electron chi connectivity index (χ3n) is 5.25. The summed E-state index contributed by atoms with van der Waals surface area (Å²) in [5.74, 6) is -1.62. The van der Waals surface area contributed by atoms with Crippen LogP contribution in [0.1, 0.15) is 44.9 Å². The van der Waals surface area contributed by atoms with Crippen molar-refractivity contribution in [1.29, 1.82) is 0 Å². The highest BCUT2D eigenvalue weighted by molar-refractivity contribution is 6.02. The van der Waals surface area contributed by atoms with E-state index in [0.29, 0.717) is 24.4 Å². The number of aliphatic carboxylic acids is 1. The fourth-order valence-electron chi connectivity index (χ4n) is 3.63. The van der Waals surface area contributed by atoms with Gasteiger partial charge in [-0.05, 0) is 31.5 Å². The van der Waals surface area contributed by atoms with E-state index in [1.807, 2.05) is 0 Å². The minimum atomic E-state index is -1.14. The van der Waals surface area contributed by atoms with Crippen LogP contribution in [0, 0.1) is 0 Å². The molecule has 0 unspecified atom stereocenters. The molecule has 1 aliphatic rings. The lowest BCUT2D eigenvalue weighted by Gasteiger charge is -2.26. The topological polar surface area (TPSA) is 131 Å². The van der Waals surface area contributed by atoms with Gasteiger partial charge in [0.05, 0.1) is 12.8 Å². The second kappa shape index (κ2) is 12.9. The van der Waals surface area contributed by atoms with Crippen molar-refractivity contribution >= 4 is 23.5 Å². The van der Waals surface area contributed by atoms with Gasteiger partial charge in [0.25, 0.3) is 0 Å². The molecule has 4 N–H and O–H groups in total. The Morgan fingerprint density at radius 2 is 1.90 bits per heavy atom. The molecule has 0 aliphatic carbocycles. The van der Waals surface area contributed by atoms with Crippen molar-refractivity contribution in [2.24, 2.45) is 5.73 Å². The molecule has 9 heteroatoms. The smallest absolute Gasteiger partial charge is 0.323 e. The van der Waals surface area contributed by atoms with Crippen molar-refractivity contribution in [3.8, 4) is 5.75 Å². The number of nitrogens with one attached hydrogen (secondary N) is 1. The Morgan fingerprint density at radius 3 is 2.58 bits per heavy atom. The van der Waals surface area contributed by atoms with Gasteiger partial charge in [0.1, 0.15) is 31.0 Å². The first-order valence-electron chi connectivity index (χ1n) is 10.8. The minimum Gasteiger partial charge on any atom is -0.489 e. The molecule has 2 atom stereocenters. The largest absolute Gasteiger partial charge is 0.489 e. The number of para-hydroxylation sites is 2. The summed E-state index contributed by atoms with van der Waals surface area (Å²) >= 11 is 0. The average molecular weight is 436 g/mol. The van der Waals surface area contributed by atoms with Crippen LogP contribution < -0.4 is 20.7 Å². The van der Waals surface area contributed by atoms with Gasteiger partial charge in [-0.2, -0.15) is 0 Å². The summed E-state index contributed by atoms with van der Waals surface area (Å²) in [6.45, 7) is 0.191. The average Bonchev–Trinajstić information content (AvgIpc) is 2.89. The Balaban J connectivity index is 2.03. The molecule has 1 amide bonds. The summed E-state index contributed by atoms with van der Waals surface area (Å²) in [5, 5.41) is 12.3. The maximum Gasteiger partial charge on any atom is 0.323 e. The zero-order chi connectivity index (χ0) is 22.6. The first-order valence-corrected chi connectivity index (χ1v) is 10.8. The predicted molar refractivity (Wildman–Crippen MR) is 116 cm³/mol. The standard InChI is InChI=1S/C22H33N3O6/c1-30-22(29)16(10-6-4-2-3-5-9-13-23)24-17-15-31-19-12-8-7-11-18(19)25(21(17)28)14-20(26)27/h7-8,11-12,16-17,24H,2-6,9-10,13-15,23H2,1H3,(H,26,27)/t16-,17-/m0/s1. The first-order chi connectivity index (χ1) is 15.0. The van der Waals surface area contributed by atoms with E-state index >= 15 is 0 Å². The van der Waals surface area contributed by atoms with Gasteiger partial charge in [-0.15, -0.1) is 0 Å². The number of benzene rings is 1. The zero-order valence-corrected chi connectivity index (χ0v) is 18.0. The van der Waals surface area contributed by atoms with Crippen LogP contribution >= 0.6 is 0 Å². The van der Waals surface area contributed by atoms with E-state index in [2.05, 4.69) is 5.32 Å². The Hall–Kier alpha value is -2.65. The number of hydrogen-bond donors (Lipinski definition) is 3. The van der Waals surface area contributed by atoms with Crippen LogP contribution in [-0.2, 0) is 19.1 Å². The number of unbranched alkanes of at least 4 members (excludes halogenated alkanes) is 5. The summed E-state index contributed by atoms with van der Waals surface area (Å²) < 4.78 is 10.7. The summed E-state index contributed by atoms with van der Waals surface area (Å²) in [4.78, 5) is 38.0. The molecular weight excluding hydrogens is 402 g/mol. The number of carbonyl (C=O) groups excluding carboxylic acids is 2. The van der Waals surface area contributed by atoms with Crippen molar-refractivity contribution < 1.29 is 29.0 Å². The SMILES string of the molecule is COC(=O)[C@H](CCCCCCCCN)N[C@H]1COc2ccccc2N(CC(=O)O)C1=O. The number of carboxylic acids is 1. The van der Waals surface area contributed by atoms with Gasteiger partial charge in [-0.25, -0.2) is 0 Å². The van der Waals surface area contributed by atoms with Crippen LogP contribution in [0.3, 0.4) is 0 Å². The fourth-order valence-corrected chi connectivity index (χ4v) is 3.63. The van der Waals surface area contributed by atoms with Crippen molar-refractivity contribution in [1.82, 2.24) is 5.32 Å². The normalized spacial score (nSPS) is 16.8. The lowest BCUT2D eigenvalue weighted by Crippen LogP contribution is -2.54. The number of anilines is 1. The summed E-state index contributed by atoms with van der Waals surface area (Å²) in [5.41, 5.74) is 5.89. The molecular formula is C22H33N3O6. The van der Waals surface area contributed by atoms with Crippen molar-refractivity contribution in [2.75, 3.05) is 31.7 Å². The summed E-state index contributed by atoms with van der Waals surface area (Å²) in [6.07, 6.45) is 6.56. The van der Waals surface area contributed by atoms with E-state index < -0.39 is 36.5 Å². The number of esters is 1. The van der Waals surface area contributed by atoms with E-state index in [1.165, 1.54) is 12.0 Å². The molecule has 9 nitrogen and oxygen atoms in total. The van der Waals surface area contributed by atoms with E-state index in [0.717, 1.165) is 38.5 Å². The number of amides is 1. The van der Waals surface area contributed by atoms with Crippen LogP contribution in [0.25, 0.3) is 0 Å². The molecule has 0 fully saturated rings. The Morgan fingerprint density at radius 1 is 1.23 bits per heavy atom. The number of rotatable bonds is 13. The Kier molecular flexibility index (Phi) is 10.3. The highest BCUT2D eigenvalue weighted by atomic mass is 16.5. The van der Waals surface area contributed by atoms with Crippen LogP contribution in [0.15, 0.2) is 24.3 Å². The number of carboxylic acid groups (broad SMARTS) is 1. The maximum atomic E-state index is 13.1. The van der Waals surface area contributed by atoms with Crippen LogP contribution in [0.4, 0.5) is 5.69 Å². The molecule has 31 heavy (non-hydrogen) atoms. The number of carbonyl (C=O) groups is 3. The maximum absolute atomic E-state index is 13.1. The molecule has 2 rings (SSSR count). The molecule has 1 aromatic rings. The minimum absolute atomic E-state index is 0.0153. The van der Waals surface area contributed by atoms with Gasteiger partial charge in [-0.1, -0.05) is 44.2 Å². The highest BCUT2D eigenvalue weighted by Crippen LogP contribution is 2.31. The monoisotopic (exact) mass is 435 g/mol. The lowest BCUT2D eigenvalue weighted by molar-refractivity contribution is -0.144. The van der Waals surface area contributed by atoms with E-state index in [9.17, 15) is 19.5 Å². The number of fused-ring (bicyclic) bond motifs is 1. The van der Waals surface area contributed by atoms with E-state index in [1.54, 1.807) is 24.3 Å². The quantitative estimate of drug-likeness (QED) is 0.315. The molecule has 1 aromatic carbocycles. The molecule has 0 spiro atoms. The van der Waals surface area contributed by atoms with Gasteiger partial charge < -0.3 is 20.3 Å². The first kappa shape index (κ1) is 24.6. The molecule has 0 radical (unpaired) electrons. The Labute approximate surface area is 182 Å². The molecule has 172 valence electrons. The number of nitrogens with zero attached hydrogens (tertiary/aromatic N) is 1. The zero-order valence-electron chi connectivity index (χ0n) is 18.0. The molecule has 0 bridgehead atoms. The van der Waals surface area contributed by atoms with Crippen molar-refractivity contribution in [3.63, 3.8) is 0 Å². The van der Waals surface area contributed by atoms with Gasteiger partial charge in [0.2, 0.25) is 5.91 Å². The van der Waals surface area contributed by atoms with Crippen LogP contribution in [0.5, 0.6) is 5.75 Å². The van der Waals surface area contributed by atoms with Crippen molar-refractivity contribution in [3.05, 3.63) is 24.3 Å². The van der Waals surface area contributed by atoms with Crippen molar-refractivity contribution in [2.45, 2.75) is 57.0 Å². The second-order valence-electron chi connectivity index (χ2n) is 7.59. The number of nitrogens with two attached hydrogens (primary N) is 1. The number of hydrogen-bond acceptors (Lipinski definition) is 7. The predicted octanol–water partition coefficient (Wildman–Crippen LogP) is 1.69. The van der Waals surface area contributed by atoms with Gasteiger partial charge in [-0.3, -0.25) is 24.6 Å². The molecule has 0 saturated heterocycles. The summed E-state index contributed by atoms with van der Waals surface area (Å²) in [7, 11) is 1.31. The molecule has 0 saturated carbocycles. The van der Waals surface area contributed by atoms with Gasteiger partial charge in [0, 0.05) is 0 Å². The summed E-state index contributed by atoms with van der Waals surface area (Å²) in [6, 6.07) is 5.23. The fraction of sp³-hybridized carbons (Fsp3) is 0.591.